The molecule has 0 spiro atoms. The zero-order chi connectivity index (χ0) is 12.3. The number of benzene rings is 2. The molecule has 0 aliphatic heterocycles. The Morgan fingerprint density at radius 1 is 1.12 bits per heavy atom. The molecule has 2 aromatic rings. The molecular weight excluding hydrogens is 234 g/mol. The fraction of sp³-hybridized carbons (Fsp3) is 0.143. The van der Waals surface area contributed by atoms with E-state index in [0.29, 0.717) is 23.1 Å². The standard InChI is InChI=1S/C14H14ClNO/c1-2-17-14-12(16)9-8-11(13(14)15)10-6-4-3-5-7-10/h3-9H,2,16H2,1H3. The Kier molecular flexibility index (Phi) is 3.55. The van der Waals surface area contributed by atoms with Crippen molar-refractivity contribution in [2.75, 3.05) is 12.3 Å². The van der Waals surface area contributed by atoms with Gasteiger partial charge in [0.25, 0.3) is 0 Å². The van der Waals surface area contributed by atoms with E-state index in [1.807, 2.05) is 49.4 Å². The Labute approximate surface area is 106 Å². The summed E-state index contributed by atoms with van der Waals surface area (Å²) in [6, 6.07) is 13.7. The molecule has 0 aliphatic rings. The van der Waals surface area contributed by atoms with E-state index in [1.54, 1.807) is 0 Å². The van der Waals surface area contributed by atoms with Crippen LogP contribution in [0.2, 0.25) is 5.02 Å². The van der Waals surface area contributed by atoms with Gasteiger partial charge < -0.3 is 10.5 Å². The predicted molar refractivity (Wildman–Crippen MR) is 72.5 cm³/mol. The molecule has 0 fully saturated rings. The van der Waals surface area contributed by atoms with Crippen molar-refractivity contribution in [1.82, 2.24) is 0 Å². The highest BCUT2D eigenvalue weighted by molar-refractivity contribution is 6.35. The Balaban J connectivity index is 2.53. The maximum atomic E-state index is 6.32. The highest BCUT2D eigenvalue weighted by Crippen LogP contribution is 2.39. The maximum absolute atomic E-state index is 6.32. The van der Waals surface area contributed by atoms with E-state index in [0.717, 1.165) is 11.1 Å². The molecule has 0 unspecified atom stereocenters. The van der Waals surface area contributed by atoms with Crippen LogP contribution >= 0.6 is 11.6 Å². The van der Waals surface area contributed by atoms with Gasteiger partial charge in [0, 0.05) is 5.56 Å². The molecule has 0 bridgehead atoms. The third-order valence-electron chi connectivity index (χ3n) is 2.50. The minimum Gasteiger partial charge on any atom is -0.490 e. The van der Waals surface area contributed by atoms with Crippen LogP contribution in [0.25, 0.3) is 11.1 Å². The fourth-order valence-electron chi connectivity index (χ4n) is 1.70. The first-order chi connectivity index (χ1) is 8.24. The molecule has 2 rings (SSSR count). The van der Waals surface area contributed by atoms with Crippen LogP contribution in [0.3, 0.4) is 0 Å². The normalized spacial score (nSPS) is 10.2. The lowest BCUT2D eigenvalue weighted by atomic mass is 10.0. The van der Waals surface area contributed by atoms with E-state index in [4.69, 9.17) is 22.1 Å². The molecule has 0 radical (unpaired) electrons. The smallest absolute Gasteiger partial charge is 0.161 e. The van der Waals surface area contributed by atoms with Crippen LogP contribution in [0.15, 0.2) is 42.5 Å². The first-order valence-corrected chi connectivity index (χ1v) is 5.88. The summed E-state index contributed by atoms with van der Waals surface area (Å²) in [5, 5.41) is 0.568. The van der Waals surface area contributed by atoms with Crippen molar-refractivity contribution in [3.05, 3.63) is 47.5 Å². The summed E-state index contributed by atoms with van der Waals surface area (Å²) < 4.78 is 5.47. The molecule has 17 heavy (non-hydrogen) atoms. The van der Waals surface area contributed by atoms with Crippen LogP contribution in [0.4, 0.5) is 5.69 Å². The van der Waals surface area contributed by atoms with Crippen LogP contribution in [0, 0.1) is 0 Å². The lowest BCUT2D eigenvalue weighted by molar-refractivity contribution is 0.342. The first-order valence-electron chi connectivity index (χ1n) is 5.50. The molecule has 88 valence electrons. The van der Waals surface area contributed by atoms with Crippen molar-refractivity contribution >= 4 is 17.3 Å². The zero-order valence-corrected chi connectivity index (χ0v) is 10.4. The molecule has 0 aliphatic carbocycles. The lowest BCUT2D eigenvalue weighted by Crippen LogP contribution is -1.98. The predicted octanol–water partition coefficient (Wildman–Crippen LogP) is 3.99. The van der Waals surface area contributed by atoms with Gasteiger partial charge in [0.05, 0.1) is 17.3 Å². The number of ether oxygens (including phenoxy) is 1. The van der Waals surface area contributed by atoms with Gasteiger partial charge in [0.2, 0.25) is 0 Å². The number of rotatable bonds is 3. The summed E-state index contributed by atoms with van der Waals surface area (Å²) in [6.45, 7) is 2.45. The van der Waals surface area contributed by atoms with Gasteiger partial charge in [-0.3, -0.25) is 0 Å². The van der Waals surface area contributed by atoms with Crippen LogP contribution in [-0.2, 0) is 0 Å². The van der Waals surface area contributed by atoms with Gasteiger partial charge in [0.1, 0.15) is 0 Å². The maximum Gasteiger partial charge on any atom is 0.161 e. The second-order valence-corrected chi connectivity index (χ2v) is 4.02. The monoisotopic (exact) mass is 247 g/mol. The summed E-state index contributed by atoms with van der Waals surface area (Å²) in [7, 11) is 0. The highest BCUT2D eigenvalue weighted by Gasteiger charge is 2.12. The molecule has 3 heteroatoms. The second kappa shape index (κ2) is 5.11. The van der Waals surface area contributed by atoms with Gasteiger partial charge in [0.15, 0.2) is 5.75 Å². The SMILES string of the molecule is CCOc1c(N)ccc(-c2ccccc2)c1Cl. The van der Waals surface area contributed by atoms with Gasteiger partial charge in [-0.25, -0.2) is 0 Å². The average Bonchev–Trinajstić information content (AvgIpc) is 2.36. The number of halogens is 1. The molecule has 0 atom stereocenters. The van der Waals surface area contributed by atoms with E-state index in [2.05, 4.69) is 0 Å². The van der Waals surface area contributed by atoms with Crippen LogP contribution < -0.4 is 10.5 Å². The van der Waals surface area contributed by atoms with E-state index in [-0.39, 0.29) is 0 Å². The third kappa shape index (κ3) is 2.37. The fourth-order valence-corrected chi connectivity index (χ4v) is 2.04. The van der Waals surface area contributed by atoms with Crippen molar-refractivity contribution in [3.63, 3.8) is 0 Å². The number of hydrogen-bond donors (Lipinski definition) is 1. The van der Waals surface area contributed by atoms with Gasteiger partial charge in [-0.05, 0) is 18.6 Å². The Morgan fingerprint density at radius 2 is 1.82 bits per heavy atom. The molecule has 0 amide bonds. The Bertz CT molecular complexity index is 511. The first kappa shape index (κ1) is 11.8. The summed E-state index contributed by atoms with van der Waals surface area (Å²) in [5.41, 5.74) is 8.40. The minimum absolute atomic E-state index is 0.544. The molecule has 2 N–H and O–H groups in total. The van der Waals surface area contributed by atoms with Gasteiger partial charge >= 0.3 is 0 Å². The topological polar surface area (TPSA) is 35.2 Å². The van der Waals surface area contributed by atoms with Gasteiger partial charge in [-0.15, -0.1) is 0 Å². The highest BCUT2D eigenvalue weighted by atomic mass is 35.5. The Hall–Kier alpha value is -1.67. The molecular formula is C14H14ClNO. The Morgan fingerprint density at radius 3 is 2.47 bits per heavy atom. The van der Waals surface area contributed by atoms with Crippen LogP contribution in [0.5, 0.6) is 5.75 Å². The van der Waals surface area contributed by atoms with E-state index in [1.165, 1.54) is 0 Å². The number of nitrogen functional groups attached to an aromatic ring is 1. The number of hydrogen-bond acceptors (Lipinski definition) is 2. The quantitative estimate of drug-likeness (QED) is 0.833. The van der Waals surface area contributed by atoms with Gasteiger partial charge in [-0.1, -0.05) is 48.0 Å². The average molecular weight is 248 g/mol. The largest absolute Gasteiger partial charge is 0.490 e. The van der Waals surface area contributed by atoms with Crippen molar-refractivity contribution in [2.24, 2.45) is 0 Å². The summed E-state index contributed by atoms with van der Waals surface area (Å²) in [4.78, 5) is 0. The van der Waals surface area contributed by atoms with E-state index < -0.39 is 0 Å². The lowest BCUT2D eigenvalue weighted by Gasteiger charge is -2.12. The summed E-state index contributed by atoms with van der Waals surface area (Å²) in [6.07, 6.45) is 0. The molecule has 0 saturated heterocycles. The molecule has 0 heterocycles. The zero-order valence-electron chi connectivity index (χ0n) is 9.61. The van der Waals surface area contributed by atoms with Crippen molar-refractivity contribution in [3.8, 4) is 16.9 Å². The van der Waals surface area contributed by atoms with Crippen LogP contribution in [-0.4, -0.2) is 6.61 Å². The molecule has 2 nitrogen and oxygen atoms in total. The van der Waals surface area contributed by atoms with Crippen molar-refractivity contribution in [1.29, 1.82) is 0 Å². The minimum atomic E-state index is 0.544. The summed E-state index contributed by atoms with van der Waals surface area (Å²) in [5.74, 6) is 0.565. The van der Waals surface area contributed by atoms with Crippen molar-refractivity contribution < 1.29 is 4.74 Å². The molecule has 0 aromatic heterocycles. The molecule has 0 saturated carbocycles. The van der Waals surface area contributed by atoms with Crippen molar-refractivity contribution in [2.45, 2.75) is 6.92 Å². The second-order valence-electron chi connectivity index (χ2n) is 3.64. The van der Waals surface area contributed by atoms with E-state index in [9.17, 15) is 0 Å². The molecule has 2 aromatic carbocycles. The third-order valence-corrected chi connectivity index (χ3v) is 2.88. The summed E-state index contributed by atoms with van der Waals surface area (Å²) >= 11 is 6.32. The number of nitrogens with two attached hydrogens (primary N) is 1. The van der Waals surface area contributed by atoms with E-state index >= 15 is 0 Å². The number of anilines is 1. The van der Waals surface area contributed by atoms with Crippen LogP contribution in [0.1, 0.15) is 6.92 Å². The van der Waals surface area contributed by atoms with Gasteiger partial charge in [-0.2, -0.15) is 0 Å².